The van der Waals surface area contributed by atoms with Gasteiger partial charge >= 0.3 is 0 Å². The molecule has 2 aromatic rings. The Hall–Kier alpha value is -2.37. The molecule has 0 amide bonds. The van der Waals surface area contributed by atoms with Gasteiger partial charge in [-0.15, -0.1) is 0 Å². The Bertz CT molecular complexity index is 673. The lowest BCUT2D eigenvalue weighted by Gasteiger charge is -2.12. The molecule has 0 saturated carbocycles. The first-order valence-electron chi connectivity index (χ1n) is 7.69. The molecule has 1 aromatic carbocycles. The lowest BCUT2D eigenvalue weighted by molar-refractivity contribution is 0.626. The first-order chi connectivity index (χ1) is 11.0. The number of halogens is 1. The molecule has 0 saturated heterocycles. The van der Waals surface area contributed by atoms with Gasteiger partial charge in [0.15, 0.2) is 5.96 Å². The summed E-state index contributed by atoms with van der Waals surface area (Å²) in [5, 5.41) is 11.0. The minimum atomic E-state index is -0.207. The molecule has 0 aliphatic rings. The van der Waals surface area contributed by atoms with Crippen molar-refractivity contribution in [1.29, 1.82) is 0 Å². The summed E-state index contributed by atoms with van der Waals surface area (Å²) in [5.41, 5.74) is 4.46. The van der Waals surface area contributed by atoms with Crippen LogP contribution in [0.25, 0.3) is 0 Å². The lowest BCUT2D eigenvalue weighted by Crippen LogP contribution is -2.38. The van der Waals surface area contributed by atoms with E-state index < -0.39 is 0 Å². The van der Waals surface area contributed by atoms with Crippen LogP contribution in [0.15, 0.2) is 29.3 Å². The summed E-state index contributed by atoms with van der Waals surface area (Å²) >= 11 is 0. The highest BCUT2D eigenvalue weighted by molar-refractivity contribution is 5.79. The Balaban J connectivity index is 1.83. The van der Waals surface area contributed by atoms with E-state index >= 15 is 0 Å². The van der Waals surface area contributed by atoms with Gasteiger partial charge in [0.2, 0.25) is 0 Å². The van der Waals surface area contributed by atoms with Gasteiger partial charge in [-0.2, -0.15) is 5.10 Å². The standard InChI is InChI=1S/C17H24FN5/c1-12-16(13(2)23(4)22-12)11-21-17(19-3)20-10-9-14-5-7-15(18)8-6-14/h5-8H,9-11H2,1-4H3,(H2,19,20,21). The number of aliphatic imine (C=N–C) groups is 1. The normalized spacial score (nSPS) is 11.6. The van der Waals surface area contributed by atoms with Crippen molar-refractivity contribution in [2.75, 3.05) is 13.6 Å². The van der Waals surface area contributed by atoms with E-state index in [4.69, 9.17) is 0 Å². The third kappa shape index (κ3) is 4.55. The summed E-state index contributed by atoms with van der Waals surface area (Å²) in [6, 6.07) is 6.57. The second-order valence-electron chi connectivity index (χ2n) is 5.50. The van der Waals surface area contributed by atoms with Gasteiger partial charge in [-0.3, -0.25) is 9.67 Å². The van der Waals surface area contributed by atoms with Gasteiger partial charge in [0, 0.05) is 38.4 Å². The molecular weight excluding hydrogens is 293 g/mol. The van der Waals surface area contributed by atoms with Crippen molar-refractivity contribution in [2.24, 2.45) is 12.0 Å². The fraction of sp³-hybridized carbons (Fsp3) is 0.412. The summed E-state index contributed by atoms with van der Waals surface area (Å²) in [5.74, 6) is 0.538. The third-order valence-corrected chi connectivity index (χ3v) is 3.93. The maximum absolute atomic E-state index is 12.9. The third-order valence-electron chi connectivity index (χ3n) is 3.93. The Labute approximate surface area is 136 Å². The predicted molar refractivity (Wildman–Crippen MR) is 91.0 cm³/mol. The number of nitrogens with zero attached hydrogens (tertiary/aromatic N) is 3. The number of aromatic nitrogens is 2. The van der Waals surface area contributed by atoms with Crippen molar-refractivity contribution in [3.63, 3.8) is 0 Å². The SMILES string of the molecule is CN=C(NCCc1ccc(F)cc1)NCc1c(C)nn(C)c1C. The summed E-state index contributed by atoms with van der Waals surface area (Å²) in [4.78, 5) is 4.22. The zero-order chi connectivity index (χ0) is 16.8. The lowest BCUT2D eigenvalue weighted by atomic mass is 10.1. The van der Waals surface area contributed by atoms with Crippen LogP contribution >= 0.6 is 0 Å². The molecular formula is C17H24FN5. The van der Waals surface area contributed by atoms with Crippen molar-refractivity contribution >= 4 is 5.96 Å². The number of rotatable bonds is 5. The van der Waals surface area contributed by atoms with Crippen molar-refractivity contribution in [1.82, 2.24) is 20.4 Å². The highest BCUT2D eigenvalue weighted by Gasteiger charge is 2.09. The second-order valence-corrected chi connectivity index (χ2v) is 5.50. The van der Waals surface area contributed by atoms with Crippen molar-refractivity contribution < 1.29 is 4.39 Å². The van der Waals surface area contributed by atoms with E-state index in [0.29, 0.717) is 6.54 Å². The number of hydrogen-bond donors (Lipinski definition) is 2. The Morgan fingerprint density at radius 1 is 1.22 bits per heavy atom. The van der Waals surface area contributed by atoms with Crippen LogP contribution in [0.5, 0.6) is 0 Å². The smallest absolute Gasteiger partial charge is 0.191 e. The Morgan fingerprint density at radius 3 is 2.48 bits per heavy atom. The van der Waals surface area contributed by atoms with Crippen LogP contribution in [0.2, 0.25) is 0 Å². The second kappa shape index (κ2) is 7.76. The van der Waals surface area contributed by atoms with Crippen LogP contribution in [0, 0.1) is 19.7 Å². The van der Waals surface area contributed by atoms with E-state index in [-0.39, 0.29) is 5.82 Å². The number of aryl methyl sites for hydroxylation is 2. The highest BCUT2D eigenvalue weighted by atomic mass is 19.1. The molecule has 6 heteroatoms. The molecule has 2 rings (SSSR count). The fourth-order valence-corrected chi connectivity index (χ4v) is 2.44. The molecule has 0 aliphatic heterocycles. The number of nitrogens with one attached hydrogen (secondary N) is 2. The molecule has 0 bridgehead atoms. The average Bonchev–Trinajstić information content (AvgIpc) is 2.78. The van der Waals surface area contributed by atoms with Gasteiger partial charge in [0.25, 0.3) is 0 Å². The Kier molecular flexibility index (Phi) is 5.73. The molecule has 2 N–H and O–H groups in total. The van der Waals surface area contributed by atoms with Crippen molar-refractivity contribution in [3.05, 3.63) is 52.6 Å². The topological polar surface area (TPSA) is 54.2 Å². The largest absolute Gasteiger partial charge is 0.356 e. The molecule has 0 fully saturated rings. The van der Waals surface area contributed by atoms with Gasteiger partial charge in [-0.05, 0) is 38.0 Å². The minimum absolute atomic E-state index is 0.207. The van der Waals surface area contributed by atoms with E-state index in [1.54, 1.807) is 19.2 Å². The molecule has 1 heterocycles. The quantitative estimate of drug-likeness (QED) is 0.656. The monoisotopic (exact) mass is 317 g/mol. The summed E-state index contributed by atoms with van der Waals surface area (Å²) in [6.45, 7) is 5.48. The molecule has 0 spiro atoms. The average molecular weight is 317 g/mol. The zero-order valence-corrected chi connectivity index (χ0v) is 14.2. The molecule has 23 heavy (non-hydrogen) atoms. The first-order valence-corrected chi connectivity index (χ1v) is 7.69. The Morgan fingerprint density at radius 2 is 1.91 bits per heavy atom. The molecule has 5 nitrogen and oxygen atoms in total. The summed E-state index contributed by atoms with van der Waals surface area (Å²) in [7, 11) is 3.69. The van der Waals surface area contributed by atoms with E-state index in [0.717, 1.165) is 35.9 Å². The first kappa shape index (κ1) is 17.0. The van der Waals surface area contributed by atoms with Gasteiger partial charge in [0.1, 0.15) is 5.82 Å². The molecule has 124 valence electrons. The molecule has 0 unspecified atom stereocenters. The van der Waals surface area contributed by atoms with Gasteiger partial charge < -0.3 is 10.6 Å². The van der Waals surface area contributed by atoms with E-state index in [1.165, 1.54) is 17.7 Å². The molecule has 1 aromatic heterocycles. The predicted octanol–water partition coefficient (Wildman–Crippen LogP) is 2.08. The van der Waals surface area contributed by atoms with Crippen LogP contribution in [-0.4, -0.2) is 29.3 Å². The highest BCUT2D eigenvalue weighted by Crippen LogP contribution is 2.11. The summed E-state index contributed by atoms with van der Waals surface area (Å²) in [6.07, 6.45) is 0.811. The van der Waals surface area contributed by atoms with Crippen LogP contribution < -0.4 is 10.6 Å². The fourth-order valence-electron chi connectivity index (χ4n) is 2.44. The van der Waals surface area contributed by atoms with Crippen molar-refractivity contribution in [3.8, 4) is 0 Å². The number of benzene rings is 1. The van der Waals surface area contributed by atoms with Crippen LogP contribution in [-0.2, 0) is 20.0 Å². The van der Waals surface area contributed by atoms with Crippen LogP contribution in [0.4, 0.5) is 4.39 Å². The zero-order valence-electron chi connectivity index (χ0n) is 14.2. The van der Waals surface area contributed by atoms with Gasteiger partial charge in [0.05, 0.1) is 5.69 Å². The van der Waals surface area contributed by atoms with E-state index in [2.05, 4.69) is 27.6 Å². The van der Waals surface area contributed by atoms with Crippen LogP contribution in [0.3, 0.4) is 0 Å². The van der Waals surface area contributed by atoms with Crippen LogP contribution in [0.1, 0.15) is 22.5 Å². The number of guanidine groups is 1. The maximum atomic E-state index is 12.9. The number of hydrogen-bond acceptors (Lipinski definition) is 2. The minimum Gasteiger partial charge on any atom is -0.356 e. The van der Waals surface area contributed by atoms with Crippen molar-refractivity contribution in [2.45, 2.75) is 26.8 Å². The molecule has 0 radical (unpaired) electrons. The van der Waals surface area contributed by atoms with E-state index in [1.807, 2.05) is 18.7 Å². The van der Waals surface area contributed by atoms with E-state index in [9.17, 15) is 4.39 Å². The van der Waals surface area contributed by atoms with Gasteiger partial charge in [-0.25, -0.2) is 4.39 Å². The molecule has 0 aliphatic carbocycles. The maximum Gasteiger partial charge on any atom is 0.191 e. The molecule has 0 atom stereocenters. The summed E-state index contributed by atoms with van der Waals surface area (Å²) < 4.78 is 14.8. The van der Waals surface area contributed by atoms with Gasteiger partial charge in [-0.1, -0.05) is 12.1 Å².